The first kappa shape index (κ1) is 47.2. The van der Waals surface area contributed by atoms with E-state index >= 15 is 0 Å². The monoisotopic (exact) mass is 873 g/mol. The summed E-state index contributed by atoms with van der Waals surface area (Å²) in [4.78, 5) is 38.7. The highest BCUT2D eigenvalue weighted by Crippen LogP contribution is 2.40. The molecule has 344 valence electrons. The zero-order valence-electron chi connectivity index (χ0n) is 40.5. The van der Waals surface area contributed by atoms with Crippen molar-refractivity contribution in [3.05, 3.63) is 115 Å². The van der Waals surface area contributed by atoms with Crippen LogP contribution in [0.4, 0.5) is 0 Å². The van der Waals surface area contributed by atoms with Crippen LogP contribution in [0, 0.1) is 0 Å². The van der Waals surface area contributed by atoms with Crippen molar-refractivity contribution in [3.63, 3.8) is 0 Å². The Morgan fingerprint density at radius 1 is 0.328 bits per heavy atom. The maximum Gasteiger partial charge on any atom is 0.200 e. The van der Waals surface area contributed by atoms with Gasteiger partial charge < -0.3 is 20.4 Å². The lowest BCUT2D eigenvalue weighted by Gasteiger charge is -2.36. The van der Waals surface area contributed by atoms with Crippen LogP contribution < -0.4 is 0 Å². The van der Waals surface area contributed by atoms with E-state index in [1.165, 1.54) is 0 Å². The van der Waals surface area contributed by atoms with E-state index in [1.54, 1.807) is 24.3 Å². The van der Waals surface area contributed by atoms with Gasteiger partial charge in [-0.1, -0.05) is 107 Å². The van der Waals surface area contributed by atoms with Gasteiger partial charge in [0.05, 0.1) is 22.3 Å². The molecule has 2 saturated heterocycles. The summed E-state index contributed by atoms with van der Waals surface area (Å²) in [7, 11) is 0. The van der Waals surface area contributed by atoms with E-state index in [-0.39, 0.29) is 66.9 Å². The second-order valence-corrected chi connectivity index (χ2v) is 22.9. The van der Waals surface area contributed by atoms with Gasteiger partial charge in [0.15, 0.2) is 0 Å². The predicted molar refractivity (Wildman–Crippen MR) is 255 cm³/mol. The maximum atomic E-state index is 14.8. The number of nitrogens with zero attached hydrogens (tertiary/aromatic N) is 4. The van der Waals surface area contributed by atoms with E-state index in [0.717, 1.165) is 22.3 Å². The number of phenolic OH excluding ortho intramolecular Hbond substituents is 4. The molecule has 0 amide bonds. The summed E-state index contributed by atoms with van der Waals surface area (Å²) in [5, 5.41) is 48.0. The third kappa shape index (κ3) is 9.91. The molecular formula is C54H72N4O6. The van der Waals surface area contributed by atoms with Crippen molar-refractivity contribution in [2.24, 2.45) is 0 Å². The molecule has 0 saturated carbocycles. The number of carbonyl (C=O) groups is 2. The Morgan fingerprint density at radius 3 is 0.656 bits per heavy atom. The van der Waals surface area contributed by atoms with E-state index in [4.69, 9.17) is 0 Å². The van der Waals surface area contributed by atoms with Gasteiger partial charge in [-0.15, -0.1) is 0 Å². The van der Waals surface area contributed by atoms with E-state index < -0.39 is 11.6 Å². The summed E-state index contributed by atoms with van der Waals surface area (Å²) in [5.74, 6) is -1.06. The number of piperazine rings is 2. The van der Waals surface area contributed by atoms with Crippen molar-refractivity contribution in [3.8, 4) is 23.0 Å². The lowest BCUT2D eigenvalue weighted by Crippen LogP contribution is -2.45. The summed E-state index contributed by atoms with van der Waals surface area (Å²) < 4.78 is 0. The standard InChI is InChI=1S/C54H72N4O6/c1-51(2,3)37-21-33-29-55-13-15-56(16-14-55)31-35-23-39(53(7,8)9)27-43(47(35)61)50(64)44-28-40(54(10,11)12)24-36(48(44)62)32-58-19-17-57(18-20-58)30-34-22-38(52(4,5)6)26-42(46(34)60)49(63)41(25-37)45(33)59/h21-28,59-62H,13-20,29-32H2,1-12H3. The average Bonchev–Trinajstić information content (AvgIpc) is 3.19. The Hall–Kier alpha value is -4.74. The van der Waals surface area contributed by atoms with Crippen LogP contribution in [0.1, 0.15) is 159 Å². The molecule has 4 aromatic carbocycles. The number of ketones is 2. The number of phenols is 4. The fourth-order valence-electron chi connectivity index (χ4n) is 9.15. The van der Waals surface area contributed by atoms with Gasteiger partial charge >= 0.3 is 0 Å². The second-order valence-electron chi connectivity index (χ2n) is 22.9. The molecule has 2 fully saturated rings. The van der Waals surface area contributed by atoms with Crippen LogP contribution in [0.2, 0.25) is 0 Å². The minimum Gasteiger partial charge on any atom is -0.507 e. The Bertz CT molecular complexity index is 2110. The van der Waals surface area contributed by atoms with Crippen LogP contribution in [0.5, 0.6) is 23.0 Å². The molecule has 6 aliphatic heterocycles. The van der Waals surface area contributed by atoms with Gasteiger partial charge in [-0.25, -0.2) is 0 Å². The molecule has 0 radical (unpaired) electrons. The Morgan fingerprint density at radius 2 is 0.500 bits per heavy atom. The Balaban J connectivity index is 1.35. The zero-order chi connectivity index (χ0) is 46.8. The van der Waals surface area contributed by atoms with E-state index in [9.17, 15) is 30.0 Å². The number of hydrogen-bond donors (Lipinski definition) is 4. The summed E-state index contributed by atoms with van der Waals surface area (Å²) in [6, 6.07) is 15.2. The highest BCUT2D eigenvalue weighted by atomic mass is 16.3. The van der Waals surface area contributed by atoms with Gasteiger partial charge in [-0.05, 0) is 68.2 Å². The zero-order valence-corrected chi connectivity index (χ0v) is 40.5. The summed E-state index contributed by atoms with van der Waals surface area (Å²) in [6.45, 7) is 32.3. The second kappa shape index (κ2) is 17.2. The molecule has 10 rings (SSSR count). The molecule has 0 unspecified atom stereocenters. The molecule has 0 aliphatic carbocycles. The fraction of sp³-hybridized carbons (Fsp3) is 0.519. The quantitative estimate of drug-likeness (QED) is 0.136. The van der Waals surface area contributed by atoms with E-state index in [2.05, 4.69) is 103 Å². The van der Waals surface area contributed by atoms with Crippen LogP contribution >= 0.6 is 0 Å². The number of aromatic hydroxyl groups is 4. The Kier molecular flexibility index (Phi) is 12.7. The molecule has 0 aromatic heterocycles. The first-order valence-electron chi connectivity index (χ1n) is 23.1. The maximum absolute atomic E-state index is 14.8. The third-order valence-electron chi connectivity index (χ3n) is 13.7. The number of hydrogen-bond acceptors (Lipinski definition) is 10. The van der Waals surface area contributed by atoms with Crippen molar-refractivity contribution in [2.75, 3.05) is 52.4 Å². The highest BCUT2D eigenvalue weighted by Gasteiger charge is 2.32. The molecule has 6 aliphatic rings. The van der Waals surface area contributed by atoms with Crippen LogP contribution in [0.25, 0.3) is 0 Å². The summed E-state index contributed by atoms with van der Waals surface area (Å²) in [6.07, 6.45) is 0. The van der Waals surface area contributed by atoms with Crippen LogP contribution in [0.3, 0.4) is 0 Å². The molecule has 10 nitrogen and oxygen atoms in total. The molecule has 0 atom stereocenters. The predicted octanol–water partition coefficient (Wildman–Crippen LogP) is 9.11. The van der Waals surface area contributed by atoms with Crippen molar-refractivity contribution in [1.82, 2.24) is 19.6 Å². The van der Waals surface area contributed by atoms with Gasteiger partial charge in [-0.3, -0.25) is 29.2 Å². The van der Waals surface area contributed by atoms with Gasteiger partial charge in [0.1, 0.15) is 23.0 Å². The molecule has 10 heteroatoms. The normalized spacial score (nSPS) is 21.6. The van der Waals surface area contributed by atoms with Gasteiger partial charge in [0.25, 0.3) is 0 Å². The van der Waals surface area contributed by atoms with E-state index in [0.29, 0.717) is 101 Å². The van der Waals surface area contributed by atoms with Gasteiger partial charge in [0, 0.05) is 101 Å². The third-order valence-corrected chi connectivity index (χ3v) is 13.7. The molecule has 4 aromatic rings. The molecule has 6 heterocycles. The topological polar surface area (TPSA) is 128 Å². The number of benzene rings is 4. The van der Waals surface area contributed by atoms with Crippen molar-refractivity contribution >= 4 is 11.6 Å². The summed E-state index contributed by atoms with van der Waals surface area (Å²) >= 11 is 0. The molecule has 64 heavy (non-hydrogen) atoms. The van der Waals surface area contributed by atoms with Crippen LogP contribution in [0.15, 0.2) is 48.5 Å². The van der Waals surface area contributed by atoms with E-state index in [1.807, 2.05) is 24.3 Å². The van der Waals surface area contributed by atoms with Crippen molar-refractivity contribution in [2.45, 2.75) is 131 Å². The molecule has 12 bridgehead atoms. The molecule has 0 spiro atoms. The Labute approximate surface area is 381 Å². The number of carbonyl (C=O) groups excluding carboxylic acids is 2. The fourth-order valence-corrected chi connectivity index (χ4v) is 9.15. The van der Waals surface area contributed by atoms with Crippen molar-refractivity contribution in [1.29, 1.82) is 0 Å². The highest BCUT2D eigenvalue weighted by molar-refractivity contribution is 6.13. The largest absolute Gasteiger partial charge is 0.507 e. The lowest BCUT2D eigenvalue weighted by atomic mass is 9.81. The molecule has 4 N–H and O–H groups in total. The smallest absolute Gasteiger partial charge is 0.200 e. The van der Waals surface area contributed by atoms with Crippen LogP contribution in [-0.4, -0.2) is 104 Å². The minimum atomic E-state index is -0.405. The summed E-state index contributed by atoms with van der Waals surface area (Å²) in [5.41, 5.74) is 5.81. The lowest BCUT2D eigenvalue weighted by molar-refractivity contribution is 0.102. The average molecular weight is 873 g/mol. The SMILES string of the molecule is CC(C)(C)c1cc2c(O)c(c1)C(=O)c1cc(C(C)(C)C)cc(c1O)CN1CCN(CC1)Cc1cc(C(C)(C)C)cc(c1O)C(=O)c1cc(C(C)(C)C)cc(c1O)CN1CCN(CC1)C2. The first-order chi connectivity index (χ1) is 29.7. The minimum absolute atomic E-state index is 0.0632. The molecular weight excluding hydrogens is 801 g/mol. The first-order valence-corrected chi connectivity index (χ1v) is 23.1. The number of rotatable bonds is 0. The van der Waals surface area contributed by atoms with Crippen molar-refractivity contribution < 1.29 is 30.0 Å². The van der Waals surface area contributed by atoms with Crippen LogP contribution in [-0.2, 0) is 47.8 Å². The van der Waals surface area contributed by atoms with Gasteiger partial charge in [-0.2, -0.15) is 0 Å². The van der Waals surface area contributed by atoms with Gasteiger partial charge in [0.2, 0.25) is 11.6 Å².